The zero-order chi connectivity index (χ0) is 9.68. The van der Waals surface area contributed by atoms with Crippen LogP contribution in [0.2, 0.25) is 0 Å². The van der Waals surface area contributed by atoms with Crippen LogP contribution in [0.1, 0.15) is 5.56 Å². The summed E-state index contributed by atoms with van der Waals surface area (Å²) in [4.78, 5) is 11.0. The highest BCUT2D eigenvalue weighted by atomic mass is 16.5. The van der Waals surface area contributed by atoms with E-state index in [1.165, 1.54) is 0 Å². The minimum absolute atomic E-state index is 0.0354. The van der Waals surface area contributed by atoms with E-state index in [1.807, 2.05) is 24.3 Å². The van der Waals surface area contributed by atoms with Crippen molar-refractivity contribution in [1.82, 2.24) is 0 Å². The van der Waals surface area contributed by atoms with Gasteiger partial charge in [-0.1, -0.05) is 12.1 Å². The van der Waals surface area contributed by atoms with Crippen LogP contribution in [0.25, 0.3) is 0 Å². The van der Waals surface area contributed by atoms with Crippen molar-refractivity contribution in [2.24, 2.45) is 5.73 Å². The van der Waals surface area contributed by atoms with E-state index in [-0.39, 0.29) is 12.3 Å². The van der Waals surface area contributed by atoms with Crippen molar-refractivity contribution in [1.29, 1.82) is 0 Å². The number of hydrogen-bond acceptors (Lipinski definition) is 3. The molecule has 0 radical (unpaired) electrons. The molecule has 0 fully saturated rings. The van der Waals surface area contributed by atoms with Crippen LogP contribution in [-0.2, 0) is 11.2 Å². The van der Waals surface area contributed by atoms with E-state index in [2.05, 4.69) is 0 Å². The van der Waals surface area contributed by atoms with Crippen molar-refractivity contribution in [3.05, 3.63) is 29.8 Å². The highest BCUT2D eigenvalue weighted by Gasteiger charge is 2.01. The van der Waals surface area contributed by atoms with Crippen LogP contribution in [0, 0.1) is 0 Å². The maximum absolute atomic E-state index is 11.0. The lowest BCUT2D eigenvalue weighted by Gasteiger charge is -2.02. The molecule has 0 aliphatic rings. The van der Waals surface area contributed by atoms with Crippen molar-refractivity contribution in [2.75, 3.05) is 13.7 Å². The van der Waals surface area contributed by atoms with E-state index in [0.717, 1.165) is 11.3 Å². The first-order valence-electron chi connectivity index (χ1n) is 4.11. The van der Waals surface area contributed by atoms with Gasteiger partial charge in [0.1, 0.15) is 5.75 Å². The quantitative estimate of drug-likeness (QED) is 0.742. The van der Waals surface area contributed by atoms with Gasteiger partial charge in [0.2, 0.25) is 0 Å². The van der Waals surface area contributed by atoms with E-state index in [1.54, 1.807) is 7.11 Å². The summed E-state index contributed by atoms with van der Waals surface area (Å²) in [5, 5.41) is 0. The van der Waals surface area contributed by atoms with E-state index in [0.29, 0.717) is 6.42 Å². The zero-order valence-electron chi connectivity index (χ0n) is 7.62. The summed E-state index contributed by atoms with van der Waals surface area (Å²) < 4.78 is 5.03. The third kappa shape index (κ3) is 2.87. The molecule has 3 heteroatoms. The van der Waals surface area contributed by atoms with Crippen molar-refractivity contribution >= 4 is 5.78 Å². The Morgan fingerprint density at radius 2 is 2.31 bits per heavy atom. The Bertz CT molecular complexity index is 297. The molecule has 1 rings (SSSR count). The number of rotatable bonds is 4. The van der Waals surface area contributed by atoms with Gasteiger partial charge in [-0.2, -0.15) is 0 Å². The van der Waals surface area contributed by atoms with Crippen LogP contribution in [0.5, 0.6) is 5.75 Å². The summed E-state index contributed by atoms with van der Waals surface area (Å²) in [6.45, 7) is 0.0945. The average molecular weight is 179 g/mol. The fourth-order valence-electron chi connectivity index (χ4n) is 1.08. The first-order chi connectivity index (χ1) is 6.26. The van der Waals surface area contributed by atoms with Gasteiger partial charge in [0.15, 0.2) is 5.78 Å². The molecule has 0 atom stereocenters. The first-order valence-corrected chi connectivity index (χ1v) is 4.11. The maximum Gasteiger partial charge on any atom is 0.150 e. The normalized spacial score (nSPS) is 9.69. The molecule has 0 amide bonds. The number of Topliss-reactive ketones (excluding diaryl/α,β-unsaturated/α-hetero) is 1. The monoisotopic (exact) mass is 179 g/mol. The minimum Gasteiger partial charge on any atom is -0.497 e. The molecule has 0 bridgehead atoms. The highest BCUT2D eigenvalue weighted by molar-refractivity contribution is 5.82. The molecular formula is C10H13NO2. The number of methoxy groups -OCH3 is 1. The number of carbonyl (C=O) groups excluding carboxylic acids is 1. The molecule has 0 spiro atoms. The smallest absolute Gasteiger partial charge is 0.150 e. The van der Waals surface area contributed by atoms with Gasteiger partial charge in [-0.05, 0) is 17.7 Å². The number of ketones is 1. The summed E-state index contributed by atoms with van der Waals surface area (Å²) >= 11 is 0. The summed E-state index contributed by atoms with van der Waals surface area (Å²) in [5.41, 5.74) is 6.15. The standard InChI is InChI=1S/C10H13NO2/c1-13-10-4-2-3-8(6-10)5-9(12)7-11/h2-4,6H,5,7,11H2,1H3. The number of nitrogens with two attached hydrogens (primary N) is 1. The highest BCUT2D eigenvalue weighted by Crippen LogP contribution is 2.12. The summed E-state index contributed by atoms with van der Waals surface area (Å²) in [5.74, 6) is 0.801. The Balaban J connectivity index is 2.71. The largest absolute Gasteiger partial charge is 0.497 e. The van der Waals surface area contributed by atoms with Gasteiger partial charge in [-0.25, -0.2) is 0 Å². The van der Waals surface area contributed by atoms with Crippen molar-refractivity contribution in [2.45, 2.75) is 6.42 Å². The lowest BCUT2D eigenvalue weighted by molar-refractivity contribution is -0.117. The summed E-state index contributed by atoms with van der Waals surface area (Å²) in [7, 11) is 1.60. The Morgan fingerprint density at radius 1 is 1.54 bits per heavy atom. The topological polar surface area (TPSA) is 52.3 Å². The van der Waals surface area contributed by atoms with Crippen LogP contribution in [0.3, 0.4) is 0 Å². The van der Waals surface area contributed by atoms with Crippen LogP contribution in [-0.4, -0.2) is 19.4 Å². The second-order valence-corrected chi connectivity index (χ2v) is 2.77. The van der Waals surface area contributed by atoms with Gasteiger partial charge >= 0.3 is 0 Å². The Morgan fingerprint density at radius 3 is 2.92 bits per heavy atom. The van der Waals surface area contributed by atoms with Gasteiger partial charge in [0.05, 0.1) is 13.7 Å². The summed E-state index contributed by atoms with van der Waals surface area (Å²) in [6.07, 6.45) is 0.383. The molecule has 0 saturated carbocycles. The van der Waals surface area contributed by atoms with Crippen LogP contribution >= 0.6 is 0 Å². The Hall–Kier alpha value is -1.35. The molecule has 0 heterocycles. The maximum atomic E-state index is 11.0. The van der Waals surface area contributed by atoms with E-state index >= 15 is 0 Å². The van der Waals surface area contributed by atoms with Gasteiger partial charge in [0, 0.05) is 6.42 Å². The molecule has 0 aliphatic carbocycles. The number of hydrogen-bond donors (Lipinski definition) is 1. The SMILES string of the molecule is COc1cccc(CC(=O)CN)c1. The molecule has 1 aromatic carbocycles. The van der Waals surface area contributed by atoms with E-state index in [4.69, 9.17) is 10.5 Å². The molecule has 0 saturated heterocycles. The molecule has 0 unspecified atom stereocenters. The second-order valence-electron chi connectivity index (χ2n) is 2.77. The molecule has 0 aliphatic heterocycles. The Labute approximate surface area is 77.5 Å². The predicted octanol–water partition coefficient (Wildman–Crippen LogP) is 0.765. The third-order valence-electron chi connectivity index (χ3n) is 1.76. The van der Waals surface area contributed by atoms with E-state index < -0.39 is 0 Å². The fraction of sp³-hybridized carbons (Fsp3) is 0.300. The number of ether oxygens (including phenoxy) is 1. The fourth-order valence-corrected chi connectivity index (χ4v) is 1.08. The molecule has 13 heavy (non-hydrogen) atoms. The lowest BCUT2D eigenvalue weighted by Crippen LogP contribution is -2.15. The van der Waals surface area contributed by atoms with Gasteiger partial charge in [-0.15, -0.1) is 0 Å². The first kappa shape index (κ1) is 9.74. The third-order valence-corrected chi connectivity index (χ3v) is 1.76. The molecule has 0 aromatic heterocycles. The molecule has 1 aromatic rings. The predicted molar refractivity (Wildman–Crippen MR) is 50.8 cm³/mol. The van der Waals surface area contributed by atoms with Crippen molar-refractivity contribution in [3.63, 3.8) is 0 Å². The van der Waals surface area contributed by atoms with Crippen molar-refractivity contribution in [3.8, 4) is 5.75 Å². The van der Waals surface area contributed by atoms with Gasteiger partial charge in [0.25, 0.3) is 0 Å². The second kappa shape index (κ2) is 4.62. The average Bonchev–Trinajstić information content (AvgIpc) is 2.18. The van der Waals surface area contributed by atoms with Crippen LogP contribution < -0.4 is 10.5 Å². The van der Waals surface area contributed by atoms with Crippen LogP contribution in [0.4, 0.5) is 0 Å². The molecule has 2 N–H and O–H groups in total. The van der Waals surface area contributed by atoms with Crippen molar-refractivity contribution < 1.29 is 9.53 Å². The molecular weight excluding hydrogens is 166 g/mol. The number of benzene rings is 1. The molecule has 70 valence electrons. The molecule has 3 nitrogen and oxygen atoms in total. The minimum atomic E-state index is 0.0354. The lowest BCUT2D eigenvalue weighted by atomic mass is 10.1. The number of carbonyl (C=O) groups is 1. The van der Waals surface area contributed by atoms with E-state index in [9.17, 15) is 4.79 Å². The summed E-state index contributed by atoms with van der Waals surface area (Å²) in [6, 6.07) is 7.43. The zero-order valence-corrected chi connectivity index (χ0v) is 7.62. The van der Waals surface area contributed by atoms with Gasteiger partial charge in [-0.3, -0.25) is 4.79 Å². The van der Waals surface area contributed by atoms with Gasteiger partial charge < -0.3 is 10.5 Å². The van der Waals surface area contributed by atoms with Crippen LogP contribution in [0.15, 0.2) is 24.3 Å². The Kier molecular flexibility index (Phi) is 3.46.